The zero-order valence-corrected chi connectivity index (χ0v) is 10.8. The summed E-state index contributed by atoms with van der Waals surface area (Å²) in [6, 6.07) is 1.93. The van der Waals surface area contributed by atoms with Crippen molar-refractivity contribution in [2.24, 2.45) is 7.05 Å². The van der Waals surface area contributed by atoms with Gasteiger partial charge < -0.3 is 4.55 Å². The van der Waals surface area contributed by atoms with Gasteiger partial charge >= 0.3 is 0 Å². The van der Waals surface area contributed by atoms with Crippen LogP contribution in [0.5, 0.6) is 0 Å². The first-order chi connectivity index (χ1) is 6.80. The van der Waals surface area contributed by atoms with E-state index in [2.05, 4.69) is 9.82 Å². The quantitative estimate of drug-likeness (QED) is 0.800. The van der Waals surface area contributed by atoms with Crippen LogP contribution in [0.15, 0.2) is 12.3 Å². The summed E-state index contributed by atoms with van der Waals surface area (Å²) in [4.78, 5) is 0. The monoisotopic (exact) mass is 229 g/mol. The van der Waals surface area contributed by atoms with Gasteiger partial charge in [-0.05, 0) is 33.8 Å². The van der Waals surface area contributed by atoms with Gasteiger partial charge in [0.05, 0.1) is 11.7 Å². The lowest BCUT2D eigenvalue weighted by Crippen LogP contribution is -2.40. The second-order valence-electron chi connectivity index (χ2n) is 4.63. The topological polar surface area (TPSA) is 52.9 Å². The Morgan fingerprint density at radius 1 is 1.53 bits per heavy atom. The van der Waals surface area contributed by atoms with Crippen LogP contribution >= 0.6 is 0 Å². The van der Waals surface area contributed by atoms with Crippen LogP contribution in [0.2, 0.25) is 0 Å². The summed E-state index contributed by atoms with van der Waals surface area (Å²) in [7, 11) is 1.87. The number of nitrogens with zero attached hydrogens (tertiary/aromatic N) is 2. The van der Waals surface area contributed by atoms with Crippen LogP contribution < -0.4 is 4.72 Å². The molecule has 1 aromatic heterocycles. The van der Waals surface area contributed by atoms with Crippen LogP contribution in [0.1, 0.15) is 39.4 Å². The Morgan fingerprint density at radius 3 is 2.53 bits per heavy atom. The first-order valence-corrected chi connectivity index (χ1v) is 6.13. The molecule has 1 N–H and O–H groups in total. The summed E-state index contributed by atoms with van der Waals surface area (Å²) >= 11 is -1.06. The molecule has 1 heterocycles. The molecule has 0 bridgehead atoms. The molecule has 0 aliphatic rings. The van der Waals surface area contributed by atoms with Crippen molar-refractivity contribution in [3.8, 4) is 0 Å². The lowest BCUT2D eigenvalue weighted by atomic mass is 10.3. The lowest BCUT2D eigenvalue weighted by Gasteiger charge is -2.25. The van der Waals surface area contributed by atoms with E-state index in [1.807, 2.05) is 47.0 Å². The fraction of sp³-hybridized carbons (Fsp3) is 0.700. The maximum Gasteiger partial charge on any atom is 0.136 e. The fourth-order valence-corrected chi connectivity index (χ4v) is 1.86. The molecule has 5 heteroatoms. The predicted octanol–water partition coefficient (Wildman–Crippen LogP) is 1.53. The highest BCUT2D eigenvalue weighted by Crippen LogP contribution is 2.18. The number of rotatable bonds is 3. The Kier molecular flexibility index (Phi) is 3.81. The van der Waals surface area contributed by atoms with Crippen molar-refractivity contribution < 1.29 is 4.55 Å². The molecule has 15 heavy (non-hydrogen) atoms. The summed E-state index contributed by atoms with van der Waals surface area (Å²) in [5, 5.41) is 4.27. The molecule has 0 saturated carbocycles. The van der Waals surface area contributed by atoms with Gasteiger partial charge in [-0.15, -0.1) is 4.72 Å². The SMILES string of the molecule is CC(N[S@+]([O-])C(C)(C)C)c1ccn(C)n1. The normalized spacial score (nSPS) is 16.4. The zero-order chi connectivity index (χ0) is 11.6. The molecule has 0 fully saturated rings. The Balaban J connectivity index is 2.60. The first-order valence-electron chi connectivity index (χ1n) is 4.98. The van der Waals surface area contributed by atoms with Crippen molar-refractivity contribution in [2.75, 3.05) is 0 Å². The molecule has 86 valence electrons. The maximum absolute atomic E-state index is 11.8. The summed E-state index contributed by atoms with van der Waals surface area (Å²) in [5.41, 5.74) is 0.912. The lowest BCUT2D eigenvalue weighted by molar-refractivity contribution is 0.527. The molecular formula is C10H19N3OS. The predicted molar refractivity (Wildman–Crippen MR) is 62.7 cm³/mol. The van der Waals surface area contributed by atoms with Crippen molar-refractivity contribution in [1.29, 1.82) is 0 Å². The van der Waals surface area contributed by atoms with E-state index in [1.165, 1.54) is 0 Å². The molecule has 0 aliphatic carbocycles. The third-order valence-corrected chi connectivity index (χ3v) is 3.70. The van der Waals surface area contributed by atoms with Crippen LogP contribution in [0, 0.1) is 0 Å². The van der Waals surface area contributed by atoms with E-state index in [0.717, 1.165) is 5.69 Å². The molecular weight excluding hydrogens is 210 g/mol. The van der Waals surface area contributed by atoms with E-state index in [4.69, 9.17) is 0 Å². The first kappa shape index (κ1) is 12.5. The van der Waals surface area contributed by atoms with Gasteiger partial charge in [0.1, 0.15) is 4.75 Å². The van der Waals surface area contributed by atoms with E-state index in [1.54, 1.807) is 4.68 Å². The van der Waals surface area contributed by atoms with E-state index in [9.17, 15) is 4.55 Å². The number of hydrogen-bond acceptors (Lipinski definition) is 3. The average Bonchev–Trinajstić information content (AvgIpc) is 2.50. The highest BCUT2D eigenvalue weighted by atomic mass is 32.2. The standard InChI is InChI=1S/C10H19N3OS/c1-8(9-6-7-13(5)11-9)12-15(14)10(2,3)4/h6-8,12H,1-5H3/t8?,15-/m1/s1. The largest absolute Gasteiger partial charge is 0.598 e. The Labute approximate surface area is 94.4 Å². The van der Waals surface area contributed by atoms with E-state index < -0.39 is 11.4 Å². The van der Waals surface area contributed by atoms with Gasteiger partial charge in [0.2, 0.25) is 0 Å². The van der Waals surface area contributed by atoms with Gasteiger partial charge in [-0.1, -0.05) is 0 Å². The minimum atomic E-state index is -1.06. The molecule has 1 unspecified atom stereocenters. The van der Waals surface area contributed by atoms with E-state index in [0.29, 0.717) is 0 Å². The molecule has 0 aromatic carbocycles. The van der Waals surface area contributed by atoms with E-state index in [-0.39, 0.29) is 10.8 Å². The summed E-state index contributed by atoms with van der Waals surface area (Å²) in [6.07, 6.45) is 1.88. The Morgan fingerprint density at radius 2 is 2.13 bits per heavy atom. The van der Waals surface area contributed by atoms with Crippen LogP contribution in [0.3, 0.4) is 0 Å². The third-order valence-electron chi connectivity index (χ3n) is 2.02. The van der Waals surface area contributed by atoms with Crippen molar-refractivity contribution >= 4 is 11.4 Å². The molecule has 0 radical (unpaired) electrons. The summed E-state index contributed by atoms with van der Waals surface area (Å²) in [6.45, 7) is 7.80. The van der Waals surface area contributed by atoms with Crippen LogP contribution in [0.4, 0.5) is 0 Å². The maximum atomic E-state index is 11.8. The van der Waals surface area contributed by atoms with Crippen molar-refractivity contribution in [1.82, 2.24) is 14.5 Å². The fourth-order valence-electron chi connectivity index (χ4n) is 1.06. The second kappa shape index (κ2) is 4.55. The molecule has 0 saturated heterocycles. The molecule has 2 atom stereocenters. The third kappa shape index (κ3) is 3.52. The Hall–Kier alpha value is -0.520. The average molecular weight is 229 g/mol. The molecule has 0 aliphatic heterocycles. The van der Waals surface area contributed by atoms with E-state index >= 15 is 0 Å². The summed E-state index contributed by atoms with van der Waals surface area (Å²) in [5.74, 6) is 0. The van der Waals surface area contributed by atoms with Gasteiger partial charge in [-0.25, -0.2) is 0 Å². The van der Waals surface area contributed by atoms with Crippen LogP contribution in [-0.2, 0) is 18.4 Å². The number of hydrogen-bond donors (Lipinski definition) is 1. The highest BCUT2D eigenvalue weighted by Gasteiger charge is 2.28. The van der Waals surface area contributed by atoms with Crippen LogP contribution in [-0.4, -0.2) is 19.1 Å². The second-order valence-corrected chi connectivity index (χ2v) is 6.63. The number of aromatic nitrogens is 2. The molecule has 0 amide bonds. The van der Waals surface area contributed by atoms with Gasteiger partial charge in [-0.2, -0.15) is 5.10 Å². The van der Waals surface area contributed by atoms with Crippen molar-refractivity contribution in [2.45, 2.75) is 38.5 Å². The molecule has 4 nitrogen and oxygen atoms in total. The van der Waals surface area contributed by atoms with Crippen LogP contribution in [0.25, 0.3) is 0 Å². The number of aryl methyl sites for hydroxylation is 1. The minimum Gasteiger partial charge on any atom is -0.598 e. The molecule has 1 aromatic rings. The van der Waals surface area contributed by atoms with Gasteiger partial charge in [-0.3, -0.25) is 4.68 Å². The number of nitrogens with one attached hydrogen (secondary N) is 1. The Bertz CT molecular complexity index is 319. The van der Waals surface area contributed by atoms with Gasteiger partial charge in [0, 0.05) is 24.6 Å². The minimum absolute atomic E-state index is 0.00579. The van der Waals surface area contributed by atoms with Crippen molar-refractivity contribution in [3.05, 3.63) is 18.0 Å². The van der Waals surface area contributed by atoms with Crippen molar-refractivity contribution in [3.63, 3.8) is 0 Å². The zero-order valence-electron chi connectivity index (χ0n) is 9.94. The van der Waals surface area contributed by atoms with Gasteiger partial charge in [0.15, 0.2) is 0 Å². The smallest absolute Gasteiger partial charge is 0.136 e. The molecule has 1 rings (SSSR count). The van der Waals surface area contributed by atoms with Gasteiger partial charge in [0.25, 0.3) is 0 Å². The molecule has 0 spiro atoms. The summed E-state index contributed by atoms with van der Waals surface area (Å²) < 4.78 is 16.4. The highest BCUT2D eigenvalue weighted by molar-refractivity contribution is 7.90.